The summed E-state index contributed by atoms with van der Waals surface area (Å²) < 4.78 is 0. The zero-order valence-corrected chi connectivity index (χ0v) is 9.52. The van der Waals surface area contributed by atoms with Gasteiger partial charge in [0, 0.05) is 10.3 Å². The summed E-state index contributed by atoms with van der Waals surface area (Å²) >= 11 is 3.27. The Labute approximate surface area is 96.6 Å². The molecule has 0 radical (unpaired) electrons. The Kier molecular flexibility index (Phi) is 3.38. The Morgan fingerprint density at radius 3 is 2.80 bits per heavy atom. The van der Waals surface area contributed by atoms with Gasteiger partial charge in [0.25, 0.3) is 0 Å². The van der Waals surface area contributed by atoms with Gasteiger partial charge in [-0.15, -0.1) is 23.1 Å². The van der Waals surface area contributed by atoms with Gasteiger partial charge in [0.05, 0.1) is 5.75 Å². The lowest BCUT2D eigenvalue weighted by Gasteiger charge is -1.97. The second kappa shape index (κ2) is 4.96. The summed E-state index contributed by atoms with van der Waals surface area (Å²) in [5, 5.41) is 11.4. The Balaban J connectivity index is 1.97. The Morgan fingerprint density at radius 1 is 1.33 bits per heavy atom. The van der Waals surface area contributed by atoms with Crippen molar-refractivity contribution in [3.63, 3.8) is 0 Å². The molecule has 0 saturated heterocycles. The number of hydrogen-bond acceptors (Lipinski definition) is 4. The molecule has 2 nitrogen and oxygen atoms in total. The molecule has 2 rings (SSSR count). The van der Waals surface area contributed by atoms with E-state index in [0.717, 1.165) is 10.8 Å². The van der Waals surface area contributed by atoms with Crippen LogP contribution >= 0.6 is 23.1 Å². The fourth-order valence-electron chi connectivity index (χ4n) is 1.09. The smallest absolute Gasteiger partial charge is 0.151 e. The zero-order valence-electron chi connectivity index (χ0n) is 7.88. The van der Waals surface area contributed by atoms with Crippen LogP contribution in [0, 0.1) is 11.3 Å². The van der Waals surface area contributed by atoms with Gasteiger partial charge in [-0.1, -0.05) is 18.2 Å². The molecule has 1 aromatic heterocycles. The topological polar surface area (TPSA) is 36.7 Å². The fourth-order valence-corrected chi connectivity index (χ4v) is 2.75. The SMILES string of the molecule is N#Cc1csc(CSc2ccccc2)n1. The fraction of sp³-hybridized carbons (Fsp3) is 0.0909. The molecule has 0 aliphatic heterocycles. The van der Waals surface area contributed by atoms with Gasteiger partial charge in [0.1, 0.15) is 11.1 Å². The number of hydrogen-bond donors (Lipinski definition) is 0. The van der Waals surface area contributed by atoms with Crippen LogP contribution in [0.25, 0.3) is 0 Å². The maximum Gasteiger partial charge on any atom is 0.151 e. The van der Waals surface area contributed by atoms with Crippen molar-refractivity contribution >= 4 is 23.1 Å². The van der Waals surface area contributed by atoms with Crippen LogP contribution in [-0.2, 0) is 5.75 Å². The third kappa shape index (κ3) is 2.82. The second-order valence-corrected chi connectivity index (χ2v) is 4.83. The predicted octanol–water partition coefficient (Wildman–Crippen LogP) is 3.31. The zero-order chi connectivity index (χ0) is 10.5. The van der Waals surface area contributed by atoms with E-state index in [1.165, 1.54) is 16.2 Å². The molecule has 74 valence electrons. The number of aromatic nitrogens is 1. The van der Waals surface area contributed by atoms with E-state index < -0.39 is 0 Å². The van der Waals surface area contributed by atoms with E-state index in [1.807, 2.05) is 24.3 Å². The first-order valence-electron chi connectivity index (χ1n) is 4.41. The maximum atomic E-state index is 8.62. The number of thiazole rings is 1. The van der Waals surface area contributed by atoms with Crippen LogP contribution in [-0.4, -0.2) is 4.98 Å². The van der Waals surface area contributed by atoms with Crippen LogP contribution in [0.1, 0.15) is 10.7 Å². The van der Waals surface area contributed by atoms with Gasteiger partial charge in [0.15, 0.2) is 5.69 Å². The van der Waals surface area contributed by atoms with Crippen molar-refractivity contribution in [1.29, 1.82) is 5.26 Å². The molecular weight excluding hydrogens is 224 g/mol. The summed E-state index contributed by atoms with van der Waals surface area (Å²) in [5.74, 6) is 0.830. The summed E-state index contributed by atoms with van der Waals surface area (Å²) in [4.78, 5) is 5.41. The molecule has 0 saturated carbocycles. The van der Waals surface area contributed by atoms with Gasteiger partial charge >= 0.3 is 0 Å². The van der Waals surface area contributed by atoms with E-state index in [1.54, 1.807) is 17.1 Å². The summed E-state index contributed by atoms with van der Waals surface area (Å²) in [6.45, 7) is 0. The van der Waals surface area contributed by atoms with Crippen LogP contribution in [0.15, 0.2) is 40.6 Å². The number of thioether (sulfide) groups is 1. The molecule has 2 aromatic rings. The minimum absolute atomic E-state index is 0.517. The lowest BCUT2D eigenvalue weighted by Crippen LogP contribution is -1.79. The average Bonchev–Trinajstić information content (AvgIpc) is 2.76. The molecule has 15 heavy (non-hydrogen) atoms. The number of nitrogens with zero attached hydrogens (tertiary/aromatic N) is 2. The molecule has 0 bridgehead atoms. The van der Waals surface area contributed by atoms with E-state index in [2.05, 4.69) is 17.1 Å². The molecule has 0 N–H and O–H groups in total. The standard InChI is InChI=1S/C11H8N2S2/c12-6-9-7-15-11(13-9)8-14-10-4-2-1-3-5-10/h1-5,7H,8H2. The van der Waals surface area contributed by atoms with Crippen LogP contribution in [0.4, 0.5) is 0 Å². The summed E-state index contributed by atoms with van der Waals surface area (Å²) in [5.41, 5.74) is 0.517. The molecule has 1 aromatic carbocycles. The molecule has 0 atom stereocenters. The van der Waals surface area contributed by atoms with E-state index in [9.17, 15) is 0 Å². The highest BCUT2D eigenvalue weighted by atomic mass is 32.2. The van der Waals surface area contributed by atoms with Gasteiger partial charge in [-0.25, -0.2) is 4.98 Å². The molecule has 0 spiro atoms. The number of rotatable bonds is 3. The third-order valence-corrected chi connectivity index (χ3v) is 3.83. The molecule has 0 fully saturated rings. The molecule has 1 heterocycles. The normalized spacial score (nSPS) is 9.80. The quantitative estimate of drug-likeness (QED) is 0.762. The van der Waals surface area contributed by atoms with Crippen LogP contribution < -0.4 is 0 Å². The Bertz CT molecular complexity index is 471. The van der Waals surface area contributed by atoms with Crippen LogP contribution in [0.2, 0.25) is 0 Å². The van der Waals surface area contributed by atoms with Crippen molar-refractivity contribution in [2.24, 2.45) is 0 Å². The number of benzene rings is 1. The summed E-state index contributed by atoms with van der Waals surface area (Å²) in [7, 11) is 0. The Hall–Kier alpha value is -1.31. The molecule has 4 heteroatoms. The predicted molar refractivity (Wildman–Crippen MR) is 62.8 cm³/mol. The highest BCUT2D eigenvalue weighted by molar-refractivity contribution is 7.98. The van der Waals surface area contributed by atoms with Gasteiger partial charge in [-0.05, 0) is 12.1 Å². The average molecular weight is 232 g/mol. The van der Waals surface area contributed by atoms with E-state index in [4.69, 9.17) is 5.26 Å². The highest BCUT2D eigenvalue weighted by Gasteiger charge is 2.01. The third-order valence-electron chi connectivity index (χ3n) is 1.77. The van der Waals surface area contributed by atoms with Gasteiger partial charge in [-0.3, -0.25) is 0 Å². The van der Waals surface area contributed by atoms with Gasteiger partial charge in [0.2, 0.25) is 0 Å². The highest BCUT2D eigenvalue weighted by Crippen LogP contribution is 2.23. The van der Waals surface area contributed by atoms with E-state index in [0.29, 0.717) is 5.69 Å². The lowest BCUT2D eigenvalue weighted by atomic mass is 10.4. The van der Waals surface area contributed by atoms with E-state index >= 15 is 0 Å². The second-order valence-electron chi connectivity index (χ2n) is 2.84. The van der Waals surface area contributed by atoms with E-state index in [-0.39, 0.29) is 0 Å². The van der Waals surface area contributed by atoms with Crippen molar-refractivity contribution in [1.82, 2.24) is 4.98 Å². The first kappa shape index (κ1) is 10.2. The van der Waals surface area contributed by atoms with Gasteiger partial charge < -0.3 is 0 Å². The van der Waals surface area contributed by atoms with Crippen molar-refractivity contribution in [3.8, 4) is 6.07 Å². The largest absolute Gasteiger partial charge is 0.230 e. The monoisotopic (exact) mass is 232 g/mol. The van der Waals surface area contributed by atoms with Crippen molar-refractivity contribution in [2.75, 3.05) is 0 Å². The Morgan fingerprint density at radius 2 is 2.13 bits per heavy atom. The first-order valence-corrected chi connectivity index (χ1v) is 6.27. The summed E-state index contributed by atoms with van der Waals surface area (Å²) in [6.07, 6.45) is 0. The lowest BCUT2D eigenvalue weighted by molar-refractivity contribution is 1.23. The van der Waals surface area contributed by atoms with Crippen molar-refractivity contribution in [2.45, 2.75) is 10.6 Å². The molecule has 0 amide bonds. The number of nitriles is 1. The van der Waals surface area contributed by atoms with Crippen LogP contribution in [0.3, 0.4) is 0 Å². The molecule has 0 unspecified atom stereocenters. The van der Waals surface area contributed by atoms with Crippen molar-refractivity contribution < 1.29 is 0 Å². The maximum absolute atomic E-state index is 8.62. The molecular formula is C11H8N2S2. The van der Waals surface area contributed by atoms with Crippen LogP contribution in [0.5, 0.6) is 0 Å². The van der Waals surface area contributed by atoms with Gasteiger partial charge in [-0.2, -0.15) is 5.26 Å². The molecule has 0 aliphatic rings. The summed E-state index contributed by atoms with van der Waals surface area (Å²) in [6, 6.07) is 12.2. The first-order chi connectivity index (χ1) is 7.38. The molecule has 0 aliphatic carbocycles. The minimum Gasteiger partial charge on any atom is -0.230 e. The van der Waals surface area contributed by atoms with Crippen molar-refractivity contribution in [3.05, 3.63) is 46.4 Å². The minimum atomic E-state index is 0.517.